The van der Waals surface area contributed by atoms with Crippen LogP contribution in [0.1, 0.15) is 23.1 Å². The summed E-state index contributed by atoms with van der Waals surface area (Å²) in [4.78, 5) is 4.47. The van der Waals surface area contributed by atoms with Crippen molar-refractivity contribution in [2.75, 3.05) is 6.54 Å². The molecule has 1 atom stereocenters. The monoisotopic (exact) mass is 267 g/mol. The molecule has 0 amide bonds. The van der Waals surface area contributed by atoms with Crippen LogP contribution in [0.5, 0.6) is 0 Å². The molecule has 1 N–H and O–H groups in total. The van der Waals surface area contributed by atoms with Crippen LogP contribution in [-0.2, 0) is 6.42 Å². The molecule has 0 saturated carbocycles. The minimum atomic E-state index is -0.0342. The maximum Gasteiger partial charge on any atom is 0.248 e. The van der Waals surface area contributed by atoms with Crippen molar-refractivity contribution in [1.82, 2.24) is 15.5 Å². The molecule has 0 fully saturated rings. The second-order valence-electron chi connectivity index (χ2n) is 4.80. The van der Waals surface area contributed by atoms with Crippen molar-refractivity contribution in [1.29, 1.82) is 0 Å². The van der Waals surface area contributed by atoms with Crippen LogP contribution < -0.4 is 5.32 Å². The van der Waals surface area contributed by atoms with E-state index in [0.717, 1.165) is 18.5 Å². The van der Waals surface area contributed by atoms with Crippen LogP contribution in [-0.4, -0.2) is 16.7 Å². The van der Waals surface area contributed by atoms with E-state index < -0.39 is 0 Å². The van der Waals surface area contributed by atoms with Gasteiger partial charge in [0.05, 0.1) is 11.8 Å². The molecule has 1 aliphatic rings. The third-order valence-corrected chi connectivity index (χ3v) is 3.58. The second kappa shape index (κ2) is 4.61. The van der Waals surface area contributed by atoms with Gasteiger partial charge in [-0.25, -0.2) is 0 Å². The van der Waals surface area contributed by atoms with E-state index >= 15 is 0 Å². The number of rotatable bonds is 2. The van der Waals surface area contributed by atoms with Crippen molar-refractivity contribution in [3.05, 3.63) is 59.9 Å². The molecule has 20 heavy (non-hydrogen) atoms. The van der Waals surface area contributed by atoms with Gasteiger partial charge in [-0.3, -0.25) is 0 Å². The molecule has 2 aromatic heterocycles. The topological polar surface area (TPSA) is 64.1 Å². The minimum absolute atomic E-state index is 0.0342. The van der Waals surface area contributed by atoms with Crippen LogP contribution in [0, 0.1) is 0 Å². The van der Waals surface area contributed by atoms with E-state index in [1.165, 1.54) is 11.1 Å². The summed E-state index contributed by atoms with van der Waals surface area (Å²) >= 11 is 0. The Balaban J connectivity index is 1.72. The Kier molecular flexibility index (Phi) is 2.63. The SMILES string of the molecule is c1ccc2c(c1)CCNC2c1nc(-c2ccoc2)no1. The van der Waals surface area contributed by atoms with Crippen molar-refractivity contribution in [3.8, 4) is 11.4 Å². The first kappa shape index (κ1) is 11.4. The van der Waals surface area contributed by atoms with Gasteiger partial charge in [-0.05, 0) is 23.6 Å². The van der Waals surface area contributed by atoms with Crippen LogP contribution in [0.25, 0.3) is 11.4 Å². The maximum atomic E-state index is 5.42. The Hall–Kier alpha value is -2.40. The molecule has 0 aliphatic carbocycles. The van der Waals surface area contributed by atoms with Gasteiger partial charge in [0, 0.05) is 6.54 Å². The Labute approximate surface area is 115 Å². The fraction of sp³-hybridized carbons (Fsp3) is 0.200. The van der Waals surface area contributed by atoms with Crippen LogP contribution >= 0.6 is 0 Å². The molecule has 3 heterocycles. The van der Waals surface area contributed by atoms with Crippen molar-refractivity contribution in [2.45, 2.75) is 12.5 Å². The number of hydrogen-bond donors (Lipinski definition) is 1. The van der Waals surface area contributed by atoms with Gasteiger partial charge in [0.2, 0.25) is 11.7 Å². The Bertz CT molecular complexity index is 718. The highest BCUT2D eigenvalue weighted by Gasteiger charge is 2.26. The third-order valence-electron chi connectivity index (χ3n) is 3.58. The van der Waals surface area contributed by atoms with E-state index in [0.29, 0.717) is 11.7 Å². The molecule has 0 bridgehead atoms. The van der Waals surface area contributed by atoms with Gasteiger partial charge < -0.3 is 14.3 Å². The molecule has 5 nitrogen and oxygen atoms in total. The summed E-state index contributed by atoms with van der Waals surface area (Å²) in [7, 11) is 0. The number of aromatic nitrogens is 2. The minimum Gasteiger partial charge on any atom is -0.472 e. The summed E-state index contributed by atoms with van der Waals surface area (Å²) in [5.41, 5.74) is 3.37. The quantitative estimate of drug-likeness (QED) is 0.773. The van der Waals surface area contributed by atoms with Crippen molar-refractivity contribution in [3.63, 3.8) is 0 Å². The lowest BCUT2D eigenvalue weighted by molar-refractivity contribution is 0.344. The smallest absolute Gasteiger partial charge is 0.248 e. The molecule has 1 aliphatic heterocycles. The van der Waals surface area contributed by atoms with E-state index in [1.807, 2.05) is 12.1 Å². The molecule has 100 valence electrons. The normalized spacial score (nSPS) is 17.9. The Morgan fingerprint density at radius 3 is 3.05 bits per heavy atom. The lowest BCUT2D eigenvalue weighted by Crippen LogP contribution is -2.30. The van der Waals surface area contributed by atoms with Crippen LogP contribution in [0.15, 0.2) is 51.8 Å². The Morgan fingerprint density at radius 1 is 1.20 bits per heavy atom. The average molecular weight is 267 g/mol. The van der Waals surface area contributed by atoms with E-state index in [4.69, 9.17) is 8.94 Å². The molecule has 3 aromatic rings. The molecule has 0 radical (unpaired) electrons. The summed E-state index contributed by atoms with van der Waals surface area (Å²) in [6.45, 7) is 0.908. The van der Waals surface area contributed by atoms with E-state index in [-0.39, 0.29) is 6.04 Å². The molecule has 4 rings (SSSR count). The van der Waals surface area contributed by atoms with E-state index in [1.54, 1.807) is 12.5 Å². The maximum absolute atomic E-state index is 5.42. The summed E-state index contributed by atoms with van der Waals surface area (Å²) in [6.07, 6.45) is 4.23. The number of nitrogens with one attached hydrogen (secondary N) is 1. The first-order valence-corrected chi connectivity index (χ1v) is 6.59. The highest BCUT2D eigenvalue weighted by Crippen LogP contribution is 2.28. The molecule has 5 heteroatoms. The van der Waals surface area contributed by atoms with Crippen molar-refractivity contribution < 1.29 is 8.94 Å². The Morgan fingerprint density at radius 2 is 2.15 bits per heavy atom. The highest BCUT2D eigenvalue weighted by molar-refractivity contribution is 5.51. The highest BCUT2D eigenvalue weighted by atomic mass is 16.5. The van der Waals surface area contributed by atoms with Gasteiger partial charge >= 0.3 is 0 Å². The van der Waals surface area contributed by atoms with Crippen molar-refractivity contribution >= 4 is 0 Å². The standard InChI is InChI=1S/C15H13N3O2/c1-2-4-12-10(3-1)5-7-16-13(12)15-17-14(18-20-15)11-6-8-19-9-11/h1-4,6,8-9,13,16H,5,7H2. The van der Waals surface area contributed by atoms with Crippen LogP contribution in [0.2, 0.25) is 0 Å². The van der Waals surface area contributed by atoms with E-state index in [9.17, 15) is 0 Å². The van der Waals surface area contributed by atoms with Crippen LogP contribution in [0.3, 0.4) is 0 Å². The summed E-state index contributed by atoms with van der Waals surface area (Å²) in [5, 5.41) is 7.45. The summed E-state index contributed by atoms with van der Waals surface area (Å²) in [6, 6.07) is 10.1. The average Bonchev–Trinajstić information content (AvgIpc) is 3.17. The summed E-state index contributed by atoms with van der Waals surface area (Å²) in [5.74, 6) is 1.15. The predicted octanol–water partition coefficient (Wildman–Crippen LogP) is 2.56. The second-order valence-corrected chi connectivity index (χ2v) is 4.80. The van der Waals surface area contributed by atoms with Crippen molar-refractivity contribution in [2.24, 2.45) is 0 Å². The number of hydrogen-bond acceptors (Lipinski definition) is 5. The molecule has 0 spiro atoms. The third kappa shape index (κ3) is 1.83. The van der Waals surface area contributed by atoms with Gasteiger partial charge in [0.1, 0.15) is 12.3 Å². The lowest BCUT2D eigenvalue weighted by Gasteiger charge is -2.23. The zero-order valence-electron chi connectivity index (χ0n) is 10.7. The summed E-state index contributed by atoms with van der Waals surface area (Å²) < 4.78 is 10.5. The molecule has 1 unspecified atom stereocenters. The van der Waals surface area contributed by atoms with Gasteiger partial charge in [-0.1, -0.05) is 29.4 Å². The number of benzene rings is 1. The van der Waals surface area contributed by atoms with E-state index in [2.05, 4.69) is 33.7 Å². The lowest BCUT2D eigenvalue weighted by atomic mass is 9.94. The molecule has 0 saturated heterocycles. The van der Waals surface area contributed by atoms with Gasteiger partial charge in [0.15, 0.2) is 0 Å². The number of nitrogens with zero attached hydrogens (tertiary/aromatic N) is 2. The molecular weight excluding hydrogens is 254 g/mol. The fourth-order valence-corrected chi connectivity index (χ4v) is 2.59. The fourth-order valence-electron chi connectivity index (χ4n) is 2.59. The first-order valence-electron chi connectivity index (χ1n) is 6.59. The first-order chi connectivity index (χ1) is 9.92. The van der Waals surface area contributed by atoms with Gasteiger partial charge in [-0.15, -0.1) is 0 Å². The van der Waals surface area contributed by atoms with Gasteiger partial charge in [0.25, 0.3) is 0 Å². The zero-order chi connectivity index (χ0) is 13.4. The largest absolute Gasteiger partial charge is 0.472 e. The zero-order valence-corrected chi connectivity index (χ0v) is 10.7. The predicted molar refractivity (Wildman–Crippen MR) is 72.0 cm³/mol. The molecule has 1 aromatic carbocycles. The number of furan rings is 1. The molecular formula is C15H13N3O2. The van der Waals surface area contributed by atoms with Gasteiger partial charge in [-0.2, -0.15) is 4.98 Å². The number of fused-ring (bicyclic) bond motifs is 1. The van der Waals surface area contributed by atoms with Crippen LogP contribution in [0.4, 0.5) is 0 Å².